The third-order valence-corrected chi connectivity index (χ3v) is 2.74. The van der Waals surface area contributed by atoms with E-state index in [-0.39, 0.29) is 6.61 Å². The molecule has 0 aliphatic rings. The van der Waals surface area contributed by atoms with Gasteiger partial charge in [0.25, 0.3) is 0 Å². The molecule has 0 bridgehead atoms. The van der Waals surface area contributed by atoms with Crippen LogP contribution in [-0.4, -0.2) is 21.6 Å². The van der Waals surface area contributed by atoms with Gasteiger partial charge in [-0.3, -0.25) is 4.98 Å². The average molecular weight is 243 g/mol. The fourth-order valence-corrected chi connectivity index (χ4v) is 1.77. The Kier molecular flexibility index (Phi) is 4.25. The maximum Gasteiger partial charge on any atom is 0.129 e. The van der Waals surface area contributed by atoms with Gasteiger partial charge in [0.15, 0.2) is 0 Å². The molecule has 4 heteroatoms. The Balaban J connectivity index is 2.17. The SMILES string of the molecule is CCN(Cc1ccccn1)c1cccc(CO)n1. The van der Waals surface area contributed by atoms with Gasteiger partial charge < -0.3 is 10.0 Å². The number of nitrogens with zero attached hydrogens (tertiary/aromatic N) is 3. The van der Waals surface area contributed by atoms with Crippen molar-refractivity contribution in [2.75, 3.05) is 11.4 Å². The Bertz CT molecular complexity index is 487. The van der Waals surface area contributed by atoms with Crippen LogP contribution in [0.1, 0.15) is 18.3 Å². The van der Waals surface area contributed by atoms with Gasteiger partial charge in [0.05, 0.1) is 24.5 Å². The maximum absolute atomic E-state index is 9.11. The van der Waals surface area contributed by atoms with E-state index in [1.807, 2.05) is 36.4 Å². The lowest BCUT2D eigenvalue weighted by Gasteiger charge is -2.21. The van der Waals surface area contributed by atoms with Gasteiger partial charge in [-0.25, -0.2) is 4.98 Å². The standard InChI is InChI=1S/C14H17N3O/c1-2-17(10-12-6-3-4-9-15-12)14-8-5-7-13(11-18)16-14/h3-9,18H,2,10-11H2,1H3. The van der Waals surface area contributed by atoms with Gasteiger partial charge in [0.2, 0.25) is 0 Å². The van der Waals surface area contributed by atoms with Crippen LogP contribution in [0.4, 0.5) is 5.82 Å². The minimum absolute atomic E-state index is 0.0328. The van der Waals surface area contributed by atoms with Gasteiger partial charge in [-0.05, 0) is 31.2 Å². The van der Waals surface area contributed by atoms with Crippen LogP contribution in [0.5, 0.6) is 0 Å². The molecule has 0 saturated heterocycles. The van der Waals surface area contributed by atoms with E-state index in [9.17, 15) is 0 Å². The lowest BCUT2D eigenvalue weighted by Crippen LogP contribution is -2.23. The summed E-state index contributed by atoms with van der Waals surface area (Å²) in [6, 6.07) is 11.6. The second-order valence-corrected chi connectivity index (χ2v) is 3.98. The second-order valence-electron chi connectivity index (χ2n) is 3.98. The van der Waals surface area contributed by atoms with Crippen LogP contribution in [0.3, 0.4) is 0 Å². The molecule has 0 aromatic carbocycles. The van der Waals surface area contributed by atoms with Gasteiger partial charge in [-0.1, -0.05) is 12.1 Å². The van der Waals surface area contributed by atoms with Crippen molar-refractivity contribution in [2.45, 2.75) is 20.1 Å². The molecule has 2 aromatic rings. The third kappa shape index (κ3) is 3.05. The first kappa shape index (κ1) is 12.5. The number of aliphatic hydroxyl groups is 1. The molecular formula is C14H17N3O. The summed E-state index contributed by atoms with van der Waals surface area (Å²) in [5.74, 6) is 0.870. The van der Waals surface area contributed by atoms with Gasteiger partial charge in [-0.15, -0.1) is 0 Å². The molecule has 94 valence electrons. The lowest BCUT2D eigenvalue weighted by molar-refractivity contribution is 0.277. The predicted octanol–water partition coefficient (Wildman–Crippen LogP) is 2.00. The molecule has 0 radical (unpaired) electrons. The van der Waals surface area contributed by atoms with Crippen LogP contribution in [0.15, 0.2) is 42.6 Å². The molecule has 4 nitrogen and oxygen atoms in total. The number of hydrogen-bond donors (Lipinski definition) is 1. The van der Waals surface area contributed by atoms with Crippen molar-refractivity contribution >= 4 is 5.82 Å². The first-order chi connectivity index (χ1) is 8.83. The second kappa shape index (κ2) is 6.12. The maximum atomic E-state index is 9.11. The average Bonchev–Trinajstić information content (AvgIpc) is 2.46. The van der Waals surface area contributed by atoms with E-state index >= 15 is 0 Å². The highest BCUT2D eigenvalue weighted by atomic mass is 16.3. The fraction of sp³-hybridized carbons (Fsp3) is 0.286. The van der Waals surface area contributed by atoms with Crippen LogP contribution in [0.2, 0.25) is 0 Å². The smallest absolute Gasteiger partial charge is 0.129 e. The Labute approximate surface area is 107 Å². The highest BCUT2D eigenvalue weighted by Crippen LogP contribution is 2.14. The van der Waals surface area contributed by atoms with Gasteiger partial charge in [0, 0.05) is 12.7 Å². The minimum Gasteiger partial charge on any atom is -0.390 e. The van der Waals surface area contributed by atoms with Crippen LogP contribution in [0, 0.1) is 0 Å². The molecule has 0 aliphatic carbocycles. The zero-order valence-electron chi connectivity index (χ0n) is 10.5. The highest BCUT2D eigenvalue weighted by molar-refractivity contribution is 5.39. The molecule has 0 saturated carbocycles. The molecule has 2 rings (SSSR count). The van der Waals surface area contributed by atoms with Gasteiger partial charge >= 0.3 is 0 Å². The van der Waals surface area contributed by atoms with Gasteiger partial charge in [0.1, 0.15) is 5.82 Å². The third-order valence-electron chi connectivity index (χ3n) is 2.74. The normalized spacial score (nSPS) is 10.3. The molecular weight excluding hydrogens is 226 g/mol. The molecule has 0 unspecified atom stereocenters. The zero-order valence-corrected chi connectivity index (χ0v) is 10.5. The van der Waals surface area contributed by atoms with Crippen LogP contribution >= 0.6 is 0 Å². The predicted molar refractivity (Wildman–Crippen MR) is 71.1 cm³/mol. The van der Waals surface area contributed by atoms with E-state index in [2.05, 4.69) is 21.8 Å². The number of hydrogen-bond acceptors (Lipinski definition) is 4. The molecule has 2 aromatic heterocycles. The van der Waals surface area contributed by atoms with Crippen molar-refractivity contribution in [3.63, 3.8) is 0 Å². The summed E-state index contributed by atoms with van der Waals surface area (Å²) < 4.78 is 0. The summed E-state index contributed by atoms with van der Waals surface area (Å²) >= 11 is 0. The van der Waals surface area contributed by atoms with E-state index < -0.39 is 0 Å². The van der Waals surface area contributed by atoms with E-state index in [1.54, 1.807) is 6.20 Å². The summed E-state index contributed by atoms with van der Waals surface area (Å²) in [7, 11) is 0. The van der Waals surface area contributed by atoms with Crippen LogP contribution in [0.25, 0.3) is 0 Å². The Morgan fingerprint density at radius 3 is 2.61 bits per heavy atom. The molecule has 2 heterocycles. The molecule has 1 N–H and O–H groups in total. The quantitative estimate of drug-likeness (QED) is 0.872. The Morgan fingerprint density at radius 1 is 1.11 bits per heavy atom. The van der Waals surface area contributed by atoms with Crippen molar-refractivity contribution < 1.29 is 5.11 Å². The van der Waals surface area contributed by atoms with Crippen molar-refractivity contribution in [3.8, 4) is 0 Å². The number of rotatable bonds is 5. The van der Waals surface area contributed by atoms with Crippen molar-refractivity contribution in [3.05, 3.63) is 54.0 Å². The molecule has 0 amide bonds. The molecule has 18 heavy (non-hydrogen) atoms. The number of aromatic nitrogens is 2. The molecule has 0 spiro atoms. The number of anilines is 1. The largest absolute Gasteiger partial charge is 0.390 e. The molecule has 0 aliphatic heterocycles. The first-order valence-electron chi connectivity index (χ1n) is 6.05. The van der Waals surface area contributed by atoms with E-state index in [0.29, 0.717) is 5.69 Å². The van der Waals surface area contributed by atoms with Crippen LogP contribution in [-0.2, 0) is 13.2 Å². The summed E-state index contributed by atoms with van der Waals surface area (Å²) in [6.07, 6.45) is 1.79. The van der Waals surface area contributed by atoms with E-state index in [4.69, 9.17) is 5.11 Å². The minimum atomic E-state index is -0.0328. The highest BCUT2D eigenvalue weighted by Gasteiger charge is 2.07. The molecule has 0 atom stereocenters. The van der Waals surface area contributed by atoms with Crippen molar-refractivity contribution in [1.29, 1.82) is 0 Å². The summed E-state index contributed by atoms with van der Waals surface area (Å²) in [4.78, 5) is 10.8. The van der Waals surface area contributed by atoms with Crippen molar-refractivity contribution in [2.24, 2.45) is 0 Å². The summed E-state index contributed by atoms with van der Waals surface area (Å²) in [5, 5.41) is 9.11. The topological polar surface area (TPSA) is 49.2 Å². The van der Waals surface area contributed by atoms with Gasteiger partial charge in [-0.2, -0.15) is 0 Å². The fourth-order valence-electron chi connectivity index (χ4n) is 1.77. The number of aliphatic hydroxyl groups excluding tert-OH is 1. The van der Waals surface area contributed by atoms with E-state index in [1.165, 1.54) is 0 Å². The zero-order chi connectivity index (χ0) is 12.8. The Hall–Kier alpha value is -1.94. The summed E-state index contributed by atoms with van der Waals surface area (Å²) in [6.45, 7) is 3.61. The van der Waals surface area contributed by atoms with Crippen molar-refractivity contribution in [1.82, 2.24) is 9.97 Å². The summed E-state index contributed by atoms with van der Waals surface area (Å²) in [5.41, 5.74) is 1.70. The number of pyridine rings is 2. The molecule has 0 fully saturated rings. The van der Waals surface area contributed by atoms with E-state index in [0.717, 1.165) is 24.6 Å². The monoisotopic (exact) mass is 243 g/mol. The first-order valence-corrected chi connectivity index (χ1v) is 6.05. The van der Waals surface area contributed by atoms with Crippen LogP contribution < -0.4 is 4.90 Å². The lowest BCUT2D eigenvalue weighted by atomic mass is 10.3. The Morgan fingerprint density at radius 2 is 1.94 bits per heavy atom.